The minimum absolute atomic E-state index is 0.0823. The van der Waals surface area contributed by atoms with Crippen molar-refractivity contribution in [3.63, 3.8) is 0 Å². The van der Waals surface area contributed by atoms with Crippen LogP contribution in [0.5, 0.6) is 0 Å². The molecule has 0 spiro atoms. The molecule has 2 N–H and O–H groups in total. The lowest BCUT2D eigenvalue weighted by Gasteiger charge is -2.35. The predicted molar refractivity (Wildman–Crippen MR) is 128 cm³/mol. The molecule has 184 valence electrons. The number of nitrogens with one attached hydrogen (secondary N) is 2. The third kappa shape index (κ3) is 4.88. The van der Waals surface area contributed by atoms with Crippen LogP contribution in [0.1, 0.15) is 59.8 Å². The summed E-state index contributed by atoms with van der Waals surface area (Å²) in [4.78, 5) is 22.1. The van der Waals surface area contributed by atoms with Crippen molar-refractivity contribution in [1.82, 2.24) is 24.9 Å². The molecule has 3 aromatic heterocycles. The van der Waals surface area contributed by atoms with Crippen molar-refractivity contribution in [3.8, 4) is 0 Å². The largest absolute Gasteiger partial charge is 0.383 e. The van der Waals surface area contributed by atoms with Gasteiger partial charge in [0.05, 0.1) is 29.6 Å². The Morgan fingerprint density at radius 1 is 1.34 bits per heavy atom. The van der Waals surface area contributed by atoms with Gasteiger partial charge in [-0.25, -0.2) is 23.3 Å². The van der Waals surface area contributed by atoms with Crippen molar-refractivity contribution in [2.24, 2.45) is 0 Å². The highest BCUT2D eigenvalue weighted by Gasteiger charge is 2.46. The fourth-order valence-electron chi connectivity index (χ4n) is 4.66. The molecule has 0 aliphatic heterocycles. The van der Waals surface area contributed by atoms with E-state index in [2.05, 4.69) is 26.8 Å². The van der Waals surface area contributed by atoms with E-state index in [0.29, 0.717) is 23.6 Å². The molecule has 0 bridgehead atoms. The standard InChI is InChI=1S/C25H28F2N6O2/c1-15(14-35-2)30-24-28-12-19-18(5-3-4-6-21(19)32-24)16-7-8-33-22(9-16)20(13-29-33)23(34)31-17-10-25(26,27)11-17/h5,7-9,12-13,15,17H,3-4,6,10-11,14H2,1-2H3,(H,31,34)(H,28,30,32)/t15-/m0/s1. The number of nitrogens with zero attached hydrogens (tertiary/aromatic N) is 4. The molecule has 0 unspecified atom stereocenters. The highest BCUT2D eigenvalue weighted by molar-refractivity contribution is 6.01. The molecule has 1 amide bonds. The first kappa shape index (κ1) is 23.3. The van der Waals surface area contributed by atoms with Crippen LogP contribution in [-0.2, 0) is 11.2 Å². The zero-order valence-electron chi connectivity index (χ0n) is 19.7. The zero-order valence-corrected chi connectivity index (χ0v) is 19.7. The van der Waals surface area contributed by atoms with E-state index in [0.717, 1.165) is 41.7 Å². The maximum Gasteiger partial charge on any atom is 0.255 e. The number of rotatable bonds is 7. The number of ether oxygens (including phenoxy) is 1. The van der Waals surface area contributed by atoms with Gasteiger partial charge in [-0.15, -0.1) is 0 Å². The fraction of sp³-hybridized carbons (Fsp3) is 0.440. The number of anilines is 1. The Morgan fingerprint density at radius 3 is 2.94 bits per heavy atom. The first-order chi connectivity index (χ1) is 16.8. The number of aryl methyl sites for hydroxylation is 1. The molecule has 35 heavy (non-hydrogen) atoms. The lowest BCUT2D eigenvalue weighted by atomic mass is 9.88. The molecular weight excluding hydrogens is 454 g/mol. The van der Waals surface area contributed by atoms with Gasteiger partial charge in [-0.05, 0) is 49.5 Å². The zero-order chi connectivity index (χ0) is 24.6. The summed E-state index contributed by atoms with van der Waals surface area (Å²) >= 11 is 0. The maximum atomic E-state index is 13.2. The van der Waals surface area contributed by atoms with E-state index in [1.165, 1.54) is 6.20 Å². The van der Waals surface area contributed by atoms with E-state index in [1.807, 2.05) is 25.3 Å². The molecule has 8 nitrogen and oxygen atoms in total. The molecule has 3 aromatic rings. The number of aromatic nitrogens is 4. The van der Waals surface area contributed by atoms with Gasteiger partial charge >= 0.3 is 0 Å². The average Bonchev–Trinajstić information content (AvgIpc) is 3.10. The van der Waals surface area contributed by atoms with Crippen LogP contribution >= 0.6 is 0 Å². The summed E-state index contributed by atoms with van der Waals surface area (Å²) in [6.45, 7) is 2.56. The second-order valence-corrected chi connectivity index (χ2v) is 9.30. The second-order valence-electron chi connectivity index (χ2n) is 9.30. The van der Waals surface area contributed by atoms with Gasteiger partial charge in [0.2, 0.25) is 5.95 Å². The normalized spacial score (nSPS) is 18.2. The van der Waals surface area contributed by atoms with Gasteiger partial charge in [-0.2, -0.15) is 5.10 Å². The average molecular weight is 483 g/mol. The van der Waals surface area contributed by atoms with E-state index in [-0.39, 0.29) is 18.9 Å². The molecule has 3 heterocycles. The van der Waals surface area contributed by atoms with Crippen LogP contribution < -0.4 is 10.6 Å². The first-order valence-electron chi connectivity index (χ1n) is 11.8. The van der Waals surface area contributed by atoms with Crippen molar-refractivity contribution >= 4 is 22.9 Å². The number of methoxy groups -OCH3 is 1. The molecule has 1 atom stereocenters. The number of allylic oxidation sites excluding steroid dienone is 1. The van der Waals surface area contributed by atoms with Gasteiger partial charge in [0.1, 0.15) is 0 Å². The van der Waals surface area contributed by atoms with E-state index in [4.69, 9.17) is 9.72 Å². The number of pyridine rings is 1. The fourth-order valence-corrected chi connectivity index (χ4v) is 4.66. The molecular formula is C25H28F2N6O2. The van der Waals surface area contributed by atoms with Crippen LogP contribution in [0.15, 0.2) is 36.8 Å². The van der Waals surface area contributed by atoms with Gasteiger partial charge in [0.25, 0.3) is 11.8 Å². The van der Waals surface area contributed by atoms with Crippen molar-refractivity contribution in [2.45, 2.75) is 57.0 Å². The SMILES string of the molecule is COC[C@H](C)Nc1ncc2c(n1)CCCC=C2c1ccn2ncc(C(=O)NC3CC(F)(F)C3)c2c1. The maximum absolute atomic E-state index is 13.2. The van der Waals surface area contributed by atoms with Crippen LogP contribution in [0, 0.1) is 0 Å². The number of alkyl halides is 2. The highest BCUT2D eigenvalue weighted by atomic mass is 19.3. The minimum atomic E-state index is -2.69. The number of carbonyl (C=O) groups is 1. The molecule has 0 aromatic carbocycles. The lowest BCUT2D eigenvalue weighted by molar-refractivity contribution is -0.0901. The van der Waals surface area contributed by atoms with Crippen molar-refractivity contribution in [3.05, 3.63) is 59.2 Å². The summed E-state index contributed by atoms with van der Waals surface area (Å²) in [5.74, 6) is -2.51. The van der Waals surface area contributed by atoms with Gasteiger partial charge in [-0.3, -0.25) is 4.79 Å². The summed E-state index contributed by atoms with van der Waals surface area (Å²) < 4.78 is 33.2. The first-order valence-corrected chi connectivity index (χ1v) is 11.8. The summed E-state index contributed by atoms with van der Waals surface area (Å²) in [6.07, 6.45) is 9.33. The van der Waals surface area contributed by atoms with Gasteiger partial charge in [0, 0.05) is 50.0 Å². The summed E-state index contributed by atoms with van der Waals surface area (Å²) in [5.41, 5.74) is 4.82. The Bertz CT molecular complexity index is 1280. The third-order valence-electron chi connectivity index (χ3n) is 6.42. The summed E-state index contributed by atoms with van der Waals surface area (Å²) in [5, 5.41) is 10.2. The van der Waals surface area contributed by atoms with Crippen LogP contribution in [0.4, 0.5) is 14.7 Å². The number of amides is 1. The Balaban J connectivity index is 1.43. The highest BCUT2D eigenvalue weighted by Crippen LogP contribution is 2.37. The Labute approximate surface area is 201 Å². The predicted octanol–water partition coefficient (Wildman–Crippen LogP) is 3.87. The number of fused-ring (bicyclic) bond motifs is 2. The van der Waals surface area contributed by atoms with Crippen LogP contribution in [0.25, 0.3) is 11.1 Å². The summed E-state index contributed by atoms with van der Waals surface area (Å²) in [6, 6.07) is 3.42. The third-order valence-corrected chi connectivity index (χ3v) is 6.42. The summed E-state index contributed by atoms with van der Waals surface area (Å²) in [7, 11) is 1.66. The number of carbonyl (C=O) groups excluding carboxylic acids is 1. The molecule has 2 aliphatic carbocycles. The van der Waals surface area contributed by atoms with E-state index < -0.39 is 17.9 Å². The van der Waals surface area contributed by atoms with Crippen LogP contribution in [0.2, 0.25) is 0 Å². The van der Waals surface area contributed by atoms with Crippen LogP contribution in [-0.4, -0.2) is 57.2 Å². The van der Waals surface area contributed by atoms with Crippen molar-refractivity contribution in [1.29, 1.82) is 0 Å². The van der Waals surface area contributed by atoms with Crippen molar-refractivity contribution in [2.75, 3.05) is 19.0 Å². The molecule has 2 aliphatic rings. The van der Waals surface area contributed by atoms with E-state index in [9.17, 15) is 13.6 Å². The monoisotopic (exact) mass is 482 g/mol. The topological polar surface area (TPSA) is 93.4 Å². The Hall–Kier alpha value is -3.40. The van der Waals surface area contributed by atoms with Gasteiger partial charge < -0.3 is 15.4 Å². The van der Waals surface area contributed by atoms with Crippen molar-refractivity contribution < 1.29 is 18.3 Å². The molecule has 1 fully saturated rings. The number of hydrogen-bond acceptors (Lipinski definition) is 6. The van der Waals surface area contributed by atoms with Gasteiger partial charge in [-0.1, -0.05) is 6.08 Å². The Kier molecular flexibility index (Phi) is 6.22. The quantitative estimate of drug-likeness (QED) is 0.531. The van der Waals surface area contributed by atoms with Gasteiger partial charge in [0.15, 0.2) is 0 Å². The smallest absolute Gasteiger partial charge is 0.255 e. The molecule has 5 rings (SSSR count). The second kappa shape index (κ2) is 9.33. The minimum Gasteiger partial charge on any atom is -0.383 e. The number of hydrogen-bond donors (Lipinski definition) is 2. The molecule has 1 saturated carbocycles. The lowest BCUT2D eigenvalue weighted by Crippen LogP contribution is -2.50. The molecule has 0 radical (unpaired) electrons. The Morgan fingerprint density at radius 2 is 2.17 bits per heavy atom. The van der Waals surface area contributed by atoms with E-state index in [1.54, 1.807) is 17.8 Å². The number of halogens is 2. The van der Waals surface area contributed by atoms with E-state index >= 15 is 0 Å². The van der Waals surface area contributed by atoms with Crippen LogP contribution in [0.3, 0.4) is 0 Å². The molecule has 10 heteroatoms. The molecule has 0 saturated heterocycles.